The lowest BCUT2D eigenvalue weighted by molar-refractivity contribution is 0.651. The molecular formula is C22H21BrCl2N4. The molecule has 1 aromatic carbocycles. The summed E-state index contributed by atoms with van der Waals surface area (Å²) in [5.41, 5.74) is 5.21. The summed E-state index contributed by atoms with van der Waals surface area (Å²) in [7, 11) is 0. The van der Waals surface area contributed by atoms with Gasteiger partial charge in [-0.15, -0.1) is 0 Å². The van der Waals surface area contributed by atoms with E-state index in [4.69, 9.17) is 28.2 Å². The Bertz CT molecular complexity index is 1030. The fourth-order valence-corrected chi connectivity index (χ4v) is 4.14. The normalized spacial score (nSPS) is 12.8. The first-order chi connectivity index (χ1) is 13.9. The lowest BCUT2D eigenvalue weighted by Gasteiger charge is -2.20. The van der Waals surface area contributed by atoms with Gasteiger partial charge in [0.15, 0.2) is 5.15 Å². The van der Waals surface area contributed by atoms with Crippen LogP contribution in [0.15, 0.2) is 52.3 Å². The minimum Gasteiger partial charge on any atom is -0.261 e. The van der Waals surface area contributed by atoms with E-state index in [-0.39, 0.29) is 5.92 Å². The molecule has 0 aliphatic carbocycles. The average molecular weight is 492 g/mol. The first-order valence-corrected chi connectivity index (χ1v) is 10.9. The van der Waals surface area contributed by atoms with E-state index in [1.807, 2.05) is 37.4 Å². The Kier molecular flexibility index (Phi) is 7.38. The standard InChI is InChI=1S/C22H21BrCl2N4/c1-4-15(10-17-9-13(2)7-8-26-17)21(18-6-5-16(23)11-19(18)24)29-20-14(3)27-12-28-22(20)25/h5-9,11-12,15H,4,10H2,1-3H3. The van der Waals surface area contributed by atoms with Crippen molar-refractivity contribution in [2.75, 3.05) is 0 Å². The predicted molar refractivity (Wildman–Crippen MR) is 124 cm³/mol. The second-order valence-corrected chi connectivity index (χ2v) is 8.53. The lowest BCUT2D eigenvalue weighted by Crippen LogP contribution is -2.19. The fourth-order valence-electron chi connectivity index (χ4n) is 3.15. The summed E-state index contributed by atoms with van der Waals surface area (Å²) in [5, 5.41) is 0.950. The van der Waals surface area contributed by atoms with Crippen molar-refractivity contribution < 1.29 is 0 Å². The van der Waals surface area contributed by atoms with Gasteiger partial charge in [-0.1, -0.05) is 52.1 Å². The molecule has 7 heteroatoms. The molecular weight excluding hydrogens is 471 g/mol. The van der Waals surface area contributed by atoms with Gasteiger partial charge in [0.05, 0.1) is 16.4 Å². The van der Waals surface area contributed by atoms with Crippen molar-refractivity contribution in [1.82, 2.24) is 15.0 Å². The number of hydrogen-bond acceptors (Lipinski definition) is 4. The quantitative estimate of drug-likeness (QED) is 0.277. The van der Waals surface area contributed by atoms with Crippen molar-refractivity contribution in [3.8, 4) is 0 Å². The Hall–Kier alpha value is -1.82. The minimum atomic E-state index is 0.0960. The molecule has 0 spiro atoms. The maximum absolute atomic E-state index is 6.61. The average Bonchev–Trinajstić information content (AvgIpc) is 2.67. The van der Waals surface area contributed by atoms with Crippen LogP contribution in [0.2, 0.25) is 10.2 Å². The van der Waals surface area contributed by atoms with Crippen LogP contribution in [0.5, 0.6) is 0 Å². The van der Waals surface area contributed by atoms with Crippen molar-refractivity contribution in [3.05, 3.63) is 80.0 Å². The summed E-state index contributed by atoms with van der Waals surface area (Å²) < 4.78 is 0.913. The van der Waals surface area contributed by atoms with Crippen LogP contribution in [0.4, 0.5) is 5.69 Å². The number of nitrogens with zero attached hydrogens (tertiary/aromatic N) is 4. The fraction of sp³-hybridized carbons (Fsp3) is 0.273. The number of hydrogen-bond donors (Lipinski definition) is 0. The van der Waals surface area contributed by atoms with Gasteiger partial charge in [-0.3, -0.25) is 4.98 Å². The van der Waals surface area contributed by atoms with Crippen LogP contribution in [0.3, 0.4) is 0 Å². The van der Waals surface area contributed by atoms with Crippen LogP contribution in [0.1, 0.15) is 35.9 Å². The molecule has 3 rings (SSSR count). The highest BCUT2D eigenvalue weighted by Gasteiger charge is 2.21. The van der Waals surface area contributed by atoms with E-state index < -0.39 is 0 Å². The van der Waals surface area contributed by atoms with Crippen molar-refractivity contribution in [1.29, 1.82) is 0 Å². The van der Waals surface area contributed by atoms with Gasteiger partial charge in [-0.05, 0) is 56.5 Å². The van der Waals surface area contributed by atoms with Gasteiger partial charge in [-0.25, -0.2) is 15.0 Å². The van der Waals surface area contributed by atoms with E-state index in [0.717, 1.165) is 40.0 Å². The highest BCUT2D eigenvalue weighted by Crippen LogP contribution is 2.31. The summed E-state index contributed by atoms with van der Waals surface area (Å²) in [6.45, 7) is 6.08. The van der Waals surface area contributed by atoms with E-state index in [1.165, 1.54) is 11.9 Å². The van der Waals surface area contributed by atoms with Crippen molar-refractivity contribution in [3.63, 3.8) is 0 Å². The number of pyridine rings is 1. The van der Waals surface area contributed by atoms with Gasteiger partial charge in [-0.2, -0.15) is 0 Å². The smallest absolute Gasteiger partial charge is 0.158 e. The van der Waals surface area contributed by atoms with Crippen LogP contribution in [-0.2, 0) is 6.42 Å². The van der Waals surface area contributed by atoms with Crippen molar-refractivity contribution in [2.24, 2.45) is 10.9 Å². The number of aryl methyl sites for hydroxylation is 2. The SMILES string of the molecule is CCC(Cc1cc(C)ccn1)C(=Nc1c(C)ncnc1Cl)c1ccc(Br)cc1Cl. The van der Waals surface area contributed by atoms with Crippen molar-refractivity contribution >= 4 is 50.5 Å². The van der Waals surface area contributed by atoms with Gasteiger partial charge in [0.2, 0.25) is 0 Å². The molecule has 4 nitrogen and oxygen atoms in total. The van der Waals surface area contributed by atoms with Gasteiger partial charge in [0, 0.05) is 27.8 Å². The van der Waals surface area contributed by atoms with Crippen LogP contribution >= 0.6 is 39.1 Å². The third kappa shape index (κ3) is 5.41. The van der Waals surface area contributed by atoms with E-state index in [2.05, 4.69) is 50.8 Å². The number of aromatic nitrogens is 3. The molecule has 0 aliphatic rings. The molecule has 2 aromatic heterocycles. The molecule has 1 unspecified atom stereocenters. The van der Waals surface area contributed by atoms with Gasteiger partial charge in [0.1, 0.15) is 12.0 Å². The molecule has 0 bridgehead atoms. The first-order valence-electron chi connectivity index (χ1n) is 9.31. The molecule has 0 aliphatic heterocycles. The molecule has 0 saturated carbocycles. The van der Waals surface area contributed by atoms with Crippen LogP contribution in [0, 0.1) is 19.8 Å². The minimum absolute atomic E-state index is 0.0960. The Morgan fingerprint density at radius 2 is 1.90 bits per heavy atom. The van der Waals surface area contributed by atoms with Gasteiger partial charge < -0.3 is 0 Å². The monoisotopic (exact) mass is 490 g/mol. The Labute approximate surface area is 189 Å². The number of benzene rings is 1. The summed E-state index contributed by atoms with van der Waals surface area (Å²) in [6.07, 6.45) is 4.89. The molecule has 3 aromatic rings. The second-order valence-electron chi connectivity index (χ2n) is 6.85. The summed E-state index contributed by atoms with van der Waals surface area (Å²) in [5.74, 6) is 0.0960. The summed E-state index contributed by atoms with van der Waals surface area (Å²) in [4.78, 5) is 17.8. The van der Waals surface area contributed by atoms with Crippen LogP contribution in [-0.4, -0.2) is 20.7 Å². The van der Waals surface area contributed by atoms with Gasteiger partial charge >= 0.3 is 0 Å². The Balaban J connectivity index is 2.14. The molecule has 0 saturated heterocycles. The molecule has 150 valence electrons. The zero-order chi connectivity index (χ0) is 21.0. The largest absolute Gasteiger partial charge is 0.261 e. The molecule has 0 N–H and O–H groups in total. The van der Waals surface area contributed by atoms with E-state index in [0.29, 0.717) is 15.9 Å². The van der Waals surface area contributed by atoms with Crippen molar-refractivity contribution in [2.45, 2.75) is 33.6 Å². The third-order valence-corrected chi connectivity index (χ3v) is 5.79. The molecule has 2 heterocycles. The lowest BCUT2D eigenvalue weighted by atomic mass is 9.89. The molecule has 0 amide bonds. The summed E-state index contributed by atoms with van der Waals surface area (Å²) >= 11 is 16.4. The molecule has 1 atom stereocenters. The zero-order valence-electron chi connectivity index (χ0n) is 16.5. The van der Waals surface area contributed by atoms with Crippen LogP contribution < -0.4 is 0 Å². The predicted octanol–water partition coefficient (Wildman–Crippen LogP) is 6.95. The highest BCUT2D eigenvalue weighted by molar-refractivity contribution is 9.10. The molecule has 0 radical (unpaired) electrons. The molecule has 29 heavy (non-hydrogen) atoms. The number of aliphatic imine (C=N–C) groups is 1. The number of halogens is 3. The maximum Gasteiger partial charge on any atom is 0.158 e. The maximum atomic E-state index is 6.61. The Morgan fingerprint density at radius 3 is 2.55 bits per heavy atom. The topological polar surface area (TPSA) is 51.0 Å². The Morgan fingerprint density at radius 1 is 1.10 bits per heavy atom. The van der Waals surface area contributed by atoms with E-state index >= 15 is 0 Å². The third-order valence-electron chi connectivity index (χ3n) is 4.71. The zero-order valence-corrected chi connectivity index (χ0v) is 19.6. The van der Waals surface area contributed by atoms with E-state index in [9.17, 15) is 0 Å². The highest BCUT2D eigenvalue weighted by atomic mass is 79.9. The molecule has 0 fully saturated rings. The van der Waals surface area contributed by atoms with Crippen LogP contribution in [0.25, 0.3) is 0 Å². The number of rotatable bonds is 6. The second kappa shape index (κ2) is 9.79. The van der Waals surface area contributed by atoms with E-state index in [1.54, 1.807) is 0 Å². The summed E-state index contributed by atoms with van der Waals surface area (Å²) in [6, 6.07) is 9.91. The first kappa shape index (κ1) is 21.9. The van der Waals surface area contributed by atoms with Gasteiger partial charge in [0.25, 0.3) is 0 Å².